The van der Waals surface area contributed by atoms with Gasteiger partial charge in [-0.05, 0) is 23.3 Å². The Morgan fingerprint density at radius 1 is 0.903 bits per heavy atom. The van der Waals surface area contributed by atoms with Gasteiger partial charge >= 0.3 is 0 Å². The summed E-state index contributed by atoms with van der Waals surface area (Å²) in [5.74, 6) is 0.425. The van der Waals surface area contributed by atoms with Crippen molar-refractivity contribution < 1.29 is 9.53 Å². The van der Waals surface area contributed by atoms with Crippen molar-refractivity contribution in [3.63, 3.8) is 0 Å². The van der Waals surface area contributed by atoms with Gasteiger partial charge in [-0.25, -0.2) is 4.98 Å². The molecule has 4 nitrogen and oxygen atoms in total. The number of hydrogen-bond acceptors (Lipinski definition) is 4. The van der Waals surface area contributed by atoms with Gasteiger partial charge in [0, 0.05) is 16.4 Å². The van der Waals surface area contributed by atoms with Crippen LogP contribution < -0.4 is 10.1 Å². The highest BCUT2D eigenvalue weighted by Crippen LogP contribution is 2.32. The Bertz CT molecular complexity index is 1140. The van der Waals surface area contributed by atoms with Gasteiger partial charge in [0.2, 0.25) is 0 Å². The summed E-state index contributed by atoms with van der Waals surface area (Å²) in [6.07, 6.45) is 0. The lowest BCUT2D eigenvalue weighted by molar-refractivity contribution is -0.118. The van der Waals surface area contributed by atoms with E-state index < -0.39 is 0 Å². The zero-order valence-electron chi connectivity index (χ0n) is 17.5. The highest BCUT2D eigenvalue weighted by atomic mass is 32.1. The summed E-state index contributed by atoms with van der Waals surface area (Å²) >= 11 is 1.40. The molecule has 4 aromatic rings. The molecule has 5 heteroatoms. The molecule has 31 heavy (non-hydrogen) atoms. The van der Waals surface area contributed by atoms with E-state index in [1.165, 1.54) is 22.5 Å². The Hall–Kier alpha value is -3.44. The molecule has 0 saturated heterocycles. The molecule has 1 N–H and O–H groups in total. The van der Waals surface area contributed by atoms with Crippen molar-refractivity contribution in [3.05, 3.63) is 101 Å². The van der Waals surface area contributed by atoms with Crippen LogP contribution in [0.3, 0.4) is 0 Å². The van der Waals surface area contributed by atoms with E-state index in [1.807, 2.05) is 66.0 Å². The largest absolute Gasteiger partial charge is 0.484 e. The number of aromatic nitrogens is 1. The third kappa shape index (κ3) is 5.01. The lowest BCUT2D eigenvalue weighted by Gasteiger charge is -2.26. The van der Waals surface area contributed by atoms with Gasteiger partial charge < -0.3 is 4.74 Å². The van der Waals surface area contributed by atoms with Crippen molar-refractivity contribution in [2.24, 2.45) is 0 Å². The molecule has 3 aromatic carbocycles. The highest BCUT2D eigenvalue weighted by Gasteiger charge is 2.22. The molecule has 0 bridgehead atoms. The fourth-order valence-corrected chi connectivity index (χ4v) is 4.10. The van der Waals surface area contributed by atoms with Gasteiger partial charge in [-0.15, -0.1) is 11.3 Å². The van der Waals surface area contributed by atoms with Crippen LogP contribution in [-0.4, -0.2) is 17.5 Å². The molecular weight excluding hydrogens is 404 g/mol. The third-order valence-electron chi connectivity index (χ3n) is 5.26. The maximum atomic E-state index is 12.3. The molecule has 1 aromatic heterocycles. The van der Waals surface area contributed by atoms with Crippen molar-refractivity contribution in [2.75, 3.05) is 11.9 Å². The Labute approximate surface area is 186 Å². The molecule has 1 heterocycles. The smallest absolute Gasteiger partial charge is 0.264 e. The van der Waals surface area contributed by atoms with Crippen LogP contribution >= 0.6 is 11.3 Å². The average Bonchev–Trinajstić information content (AvgIpc) is 3.27. The maximum absolute atomic E-state index is 12.3. The summed E-state index contributed by atoms with van der Waals surface area (Å²) in [7, 11) is 0. The van der Waals surface area contributed by atoms with E-state index in [4.69, 9.17) is 4.74 Å². The Kier molecular flexibility index (Phi) is 6.14. The van der Waals surface area contributed by atoms with Gasteiger partial charge in [-0.2, -0.15) is 0 Å². The molecule has 0 spiro atoms. The number of hydrogen-bond donors (Lipinski definition) is 1. The van der Waals surface area contributed by atoms with E-state index in [1.54, 1.807) is 0 Å². The highest BCUT2D eigenvalue weighted by molar-refractivity contribution is 7.14. The molecule has 0 saturated carbocycles. The lowest BCUT2D eigenvalue weighted by atomic mass is 9.78. The quantitative estimate of drug-likeness (QED) is 0.384. The third-order valence-corrected chi connectivity index (χ3v) is 6.02. The fourth-order valence-electron chi connectivity index (χ4n) is 3.37. The maximum Gasteiger partial charge on any atom is 0.264 e. The van der Waals surface area contributed by atoms with Crippen molar-refractivity contribution in [2.45, 2.75) is 19.3 Å². The number of thiazole rings is 1. The number of anilines is 1. The topological polar surface area (TPSA) is 51.2 Å². The number of ether oxygens (including phenoxy) is 1. The zero-order chi connectivity index (χ0) is 21.7. The normalized spacial score (nSPS) is 11.2. The number of rotatable bonds is 7. The summed E-state index contributed by atoms with van der Waals surface area (Å²) in [6.45, 7) is 4.33. The Balaban J connectivity index is 1.33. The van der Waals surface area contributed by atoms with Gasteiger partial charge in [-0.1, -0.05) is 86.6 Å². The molecule has 0 atom stereocenters. The van der Waals surface area contributed by atoms with Gasteiger partial charge in [-0.3, -0.25) is 10.1 Å². The molecule has 0 aliphatic carbocycles. The zero-order valence-corrected chi connectivity index (χ0v) is 18.4. The second kappa shape index (κ2) is 9.14. The van der Waals surface area contributed by atoms with Gasteiger partial charge in [0.15, 0.2) is 11.7 Å². The second-order valence-corrected chi connectivity index (χ2v) is 8.61. The predicted octanol–water partition coefficient (Wildman–Crippen LogP) is 6.15. The minimum Gasteiger partial charge on any atom is -0.484 e. The van der Waals surface area contributed by atoms with Gasteiger partial charge in [0.25, 0.3) is 5.91 Å². The van der Waals surface area contributed by atoms with E-state index in [2.05, 4.69) is 48.4 Å². The molecule has 0 unspecified atom stereocenters. The number of amides is 1. The van der Waals surface area contributed by atoms with Crippen LogP contribution in [0.15, 0.2) is 90.3 Å². The first-order chi connectivity index (χ1) is 15.0. The molecule has 0 fully saturated rings. The first-order valence-corrected chi connectivity index (χ1v) is 11.0. The first-order valence-electron chi connectivity index (χ1n) is 10.1. The summed E-state index contributed by atoms with van der Waals surface area (Å²) in [4.78, 5) is 16.7. The molecule has 0 radical (unpaired) electrons. The average molecular weight is 429 g/mol. The van der Waals surface area contributed by atoms with E-state index in [0.717, 1.165) is 11.3 Å². The number of nitrogens with one attached hydrogen (secondary N) is 1. The standard InChI is InChI=1S/C26H24N2O2S/c1-26(2,20-11-7-4-8-12-20)21-13-15-22(16-14-21)30-17-24(29)28-25-27-23(18-31-25)19-9-5-3-6-10-19/h3-16,18H,17H2,1-2H3,(H,27,28,29). The molecule has 0 aliphatic rings. The summed E-state index contributed by atoms with van der Waals surface area (Å²) < 4.78 is 5.67. The van der Waals surface area contributed by atoms with E-state index in [9.17, 15) is 4.79 Å². The Morgan fingerprint density at radius 3 is 2.19 bits per heavy atom. The first kappa shape index (κ1) is 20.8. The van der Waals surface area contributed by atoms with Crippen molar-refractivity contribution >= 4 is 22.4 Å². The molecule has 0 aliphatic heterocycles. The van der Waals surface area contributed by atoms with Gasteiger partial charge in [0.1, 0.15) is 5.75 Å². The van der Waals surface area contributed by atoms with Crippen LogP contribution in [0.1, 0.15) is 25.0 Å². The molecule has 1 amide bonds. The van der Waals surface area contributed by atoms with Crippen LogP contribution in [0.25, 0.3) is 11.3 Å². The van der Waals surface area contributed by atoms with E-state index >= 15 is 0 Å². The van der Waals surface area contributed by atoms with Crippen molar-refractivity contribution in [1.82, 2.24) is 4.98 Å². The minimum atomic E-state index is -0.234. The number of carbonyl (C=O) groups excluding carboxylic acids is 1. The minimum absolute atomic E-state index is 0.0678. The van der Waals surface area contributed by atoms with Crippen molar-refractivity contribution in [3.8, 4) is 17.0 Å². The number of nitrogens with zero attached hydrogens (tertiary/aromatic N) is 1. The Morgan fingerprint density at radius 2 is 1.52 bits per heavy atom. The molecular formula is C26H24N2O2S. The molecule has 4 rings (SSSR count). The van der Waals surface area contributed by atoms with Gasteiger partial charge in [0.05, 0.1) is 5.69 Å². The number of benzene rings is 3. The summed E-state index contributed by atoms with van der Waals surface area (Å²) in [5, 5.41) is 5.29. The van der Waals surface area contributed by atoms with Crippen molar-refractivity contribution in [1.29, 1.82) is 0 Å². The van der Waals surface area contributed by atoms with E-state index in [-0.39, 0.29) is 17.9 Å². The second-order valence-electron chi connectivity index (χ2n) is 7.76. The summed E-state index contributed by atoms with van der Waals surface area (Å²) in [6, 6.07) is 28.2. The van der Waals surface area contributed by atoms with Crippen LogP contribution in [0.2, 0.25) is 0 Å². The lowest BCUT2D eigenvalue weighted by Crippen LogP contribution is -2.20. The van der Waals surface area contributed by atoms with Crippen LogP contribution in [0, 0.1) is 0 Å². The monoisotopic (exact) mass is 428 g/mol. The van der Waals surface area contributed by atoms with Crippen LogP contribution in [0.4, 0.5) is 5.13 Å². The van der Waals surface area contributed by atoms with E-state index in [0.29, 0.717) is 10.9 Å². The fraction of sp³-hybridized carbons (Fsp3) is 0.154. The summed E-state index contributed by atoms with van der Waals surface area (Å²) in [5.41, 5.74) is 4.19. The SMILES string of the molecule is CC(C)(c1ccccc1)c1ccc(OCC(=O)Nc2nc(-c3ccccc3)cs2)cc1. The molecule has 156 valence electrons. The van der Waals surface area contributed by atoms with Crippen LogP contribution in [0.5, 0.6) is 5.75 Å². The van der Waals surface area contributed by atoms with Crippen LogP contribution in [-0.2, 0) is 10.2 Å². The predicted molar refractivity (Wildman–Crippen MR) is 127 cm³/mol. The number of carbonyl (C=O) groups is 1.